The highest BCUT2D eigenvalue weighted by Crippen LogP contribution is 2.50. The molecule has 0 aromatic rings. The Kier molecular flexibility index (Phi) is 4.61. The minimum Gasteiger partial charge on any atom is -0.343 e. The molecule has 0 spiro atoms. The van der Waals surface area contributed by atoms with Gasteiger partial charge in [0.15, 0.2) is 0 Å². The maximum atomic E-state index is 13.1. The number of likely N-dealkylation sites (tertiary alicyclic amines) is 1. The van der Waals surface area contributed by atoms with E-state index in [1.54, 1.807) is 6.92 Å². The van der Waals surface area contributed by atoms with Crippen LogP contribution in [0.3, 0.4) is 0 Å². The molecule has 5 heteroatoms. The van der Waals surface area contributed by atoms with Crippen LogP contribution in [0.4, 0.5) is 0 Å². The SMILES string of the molecule is CCN(CC)C(=O)[C@]12C[C@H](N(C)C)C[C@H]1CN(C(C)=O)C2. The highest BCUT2D eigenvalue weighted by atomic mass is 16.2. The molecule has 1 aliphatic carbocycles. The average molecular weight is 295 g/mol. The number of nitrogens with zero attached hydrogens (tertiary/aromatic N) is 3. The first kappa shape index (κ1) is 16.3. The summed E-state index contributed by atoms with van der Waals surface area (Å²) >= 11 is 0. The van der Waals surface area contributed by atoms with Gasteiger partial charge in [0.1, 0.15) is 0 Å². The van der Waals surface area contributed by atoms with Gasteiger partial charge >= 0.3 is 0 Å². The summed E-state index contributed by atoms with van der Waals surface area (Å²) in [6.07, 6.45) is 1.90. The Morgan fingerprint density at radius 3 is 2.33 bits per heavy atom. The van der Waals surface area contributed by atoms with Gasteiger partial charge in [0.25, 0.3) is 0 Å². The molecular formula is C16H29N3O2. The standard InChI is InChI=1S/C16H29N3O2/c1-6-18(7-2)15(21)16-9-14(17(4)5)8-13(16)10-19(11-16)12(3)20/h13-14H,6-11H2,1-5H3/t13-,14+,16-/m0/s1. The molecule has 0 radical (unpaired) electrons. The van der Waals surface area contributed by atoms with Crippen molar-refractivity contribution >= 4 is 11.8 Å². The van der Waals surface area contributed by atoms with E-state index in [2.05, 4.69) is 19.0 Å². The predicted molar refractivity (Wildman–Crippen MR) is 82.8 cm³/mol. The fourth-order valence-electron chi connectivity index (χ4n) is 4.13. The highest BCUT2D eigenvalue weighted by Gasteiger charge is 2.59. The Balaban J connectivity index is 2.29. The molecule has 2 rings (SSSR count). The fraction of sp³-hybridized carbons (Fsp3) is 0.875. The molecule has 1 saturated heterocycles. The largest absolute Gasteiger partial charge is 0.343 e. The summed E-state index contributed by atoms with van der Waals surface area (Å²) in [5, 5.41) is 0. The zero-order chi connectivity index (χ0) is 15.8. The molecule has 1 heterocycles. The van der Waals surface area contributed by atoms with Crippen LogP contribution >= 0.6 is 0 Å². The molecule has 1 aliphatic heterocycles. The summed E-state index contributed by atoms with van der Waals surface area (Å²) in [5.41, 5.74) is -0.355. The molecule has 2 aliphatic rings. The first-order chi connectivity index (χ1) is 9.85. The Morgan fingerprint density at radius 2 is 1.86 bits per heavy atom. The molecule has 0 bridgehead atoms. The average Bonchev–Trinajstić information content (AvgIpc) is 2.94. The summed E-state index contributed by atoms with van der Waals surface area (Å²) < 4.78 is 0. The molecule has 0 unspecified atom stereocenters. The summed E-state index contributed by atoms with van der Waals surface area (Å²) in [7, 11) is 4.17. The molecule has 21 heavy (non-hydrogen) atoms. The van der Waals surface area contributed by atoms with Crippen LogP contribution in [0.1, 0.15) is 33.6 Å². The Labute approximate surface area is 128 Å². The van der Waals surface area contributed by atoms with Crippen LogP contribution in [0, 0.1) is 11.3 Å². The number of hydrogen-bond acceptors (Lipinski definition) is 3. The second-order valence-electron chi connectivity index (χ2n) is 6.79. The van der Waals surface area contributed by atoms with Crippen molar-refractivity contribution in [3.63, 3.8) is 0 Å². The molecule has 5 nitrogen and oxygen atoms in total. The number of hydrogen-bond donors (Lipinski definition) is 0. The van der Waals surface area contributed by atoms with Crippen molar-refractivity contribution < 1.29 is 9.59 Å². The van der Waals surface area contributed by atoms with Crippen LogP contribution in [0.25, 0.3) is 0 Å². The van der Waals surface area contributed by atoms with Gasteiger partial charge in [0.2, 0.25) is 11.8 Å². The zero-order valence-corrected chi connectivity index (χ0v) is 14.1. The van der Waals surface area contributed by atoms with Crippen molar-refractivity contribution in [2.45, 2.75) is 39.7 Å². The van der Waals surface area contributed by atoms with E-state index in [9.17, 15) is 9.59 Å². The quantitative estimate of drug-likeness (QED) is 0.778. The molecule has 0 aromatic carbocycles. The van der Waals surface area contributed by atoms with Gasteiger partial charge in [-0.1, -0.05) is 0 Å². The summed E-state index contributed by atoms with van der Waals surface area (Å²) in [6.45, 7) is 8.51. The molecule has 2 amide bonds. The number of carbonyl (C=O) groups is 2. The third-order valence-electron chi connectivity index (χ3n) is 5.50. The first-order valence-corrected chi connectivity index (χ1v) is 8.07. The van der Waals surface area contributed by atoms with E-state index in [-0.39, 0.29) is 17.2 Å². The maximum absolute atomic E-state index is 13.1. The summed E-state index contributed by atoms with van der Waals surface area (Å²) in [4.78, 5) is 30.9. The monoisotopic (exact) mass is 295 g/mol. The van der Waals surface area contributed by atoms with Crippen molar-refractivity contribution in [3.8, 4) is 0 Å². The fourth-order valence-corrected chi connectivity index (χ4v) is 4.13. The zero-order valence-electron chi connectivity index (χ0n) is 14.1. The lowest BCUT2D eigenvalue weighted by Gasteiger charge is -2.34. The van der Waals surface area contributed by atoms with Crippen LogP contribution in [-0.2, 0) is 9.59 Å². The lowest BCUT2D eigenvalue weighted by Crippen LogP contribution is -2.47. The van der Waals surface area contributed by atoms with Gasteiger partial charge in [-0.05, 0) is 46.7 Å². The number of carbonyl (C=O) groups excluding carboxylic acids is 2. The van der Waals surface area contributed by atoms with E-state index < -0.39 is 0 Å². The minimum absolute atomic E-state index is 0.0949. The van der Waals surface area contributed by atoms with Crippen molar-refractivity contribution in [3.05, 3.63) is 0 Å². The molecule has 120 valence electrons. The number of amides is 2. The van der Waals surface area contributed by atoms with Crippen LogP contribution in [0.5, 0.6) is 0 Å². The molecule has 0 aromatic heterocycles. The second kappa shape index (κ2) is 5.95. The van der Waals surface area contributed by atoms with Crippen molar-refractivity contribution in [2.24, 2.45) is 11.3 Å². The first-order valence-electron chi connectivity index (χ1n) is 8.07. The lowest BCUT2D eigenvalue weighted by molar-refractivity contribution is -0.143. The van der Waals surface area contributed by atoms with Crippen molar-refractivity contribution in [1.29, 1.82) is 0 Å². The molecule has 3 atom stereocenters. The second-order valence-corrected chi connectivity index (χ2v) is 6.79. The Bertz CT molecular complexity index is 420. The Hall–Kier alpha value is -1.10. The van der Waals surface area contributed by atoms with E-state index in [0.717, 1.165) is 32.5 Å². The van der Waals surface area contributed by atoms with Crippen LogP contribution in [0.2, 0.25) is 0 Å². The van der Waals surface area contributed by atoms with E-state index in [1.165, 1.54) is 0 Å². The normalized spacial score (nSPS) is 31.6. The third kappa shape index (κ3) is 2.68. The highest BCUT2D eigenvalue weighted by molar-refractivity contribution is 5.86. The smallest absolute Gasteiger partial charge is 0.230 e. The van der Waals surface area contributed by atoms with Gasteiger partial charge < -0.3 is 14.7 Å². The molecule has 1 saturated carbocycles. The Morgan fingerprint density at radius 1 is 1.24 bits per heavy atom. The van der Waals surface area contributed by atoms with Crippen LogP contribution in [0.15, 0.2) is 0 Å². The van der Waals surface area contributed by atoms with E-state index in [1.807, 2.05) is 23.6 Å². The van der Waals surface area contributed by atoms with E-state index in [0.29, 0.717) is 18.5 Å². The van der Waals surface area contributed by atoms with Gasteiger partial charge in [0.05, 0.1) is 5.41 Å². The molecule has 0 N–H and O–H groups in total. The van der Waals surface area contributed by atoms with E-state index in [4.69, 9.17) is 0 Å². The topological polar surface area (TPSA) is 43.9 Å². The van der Waals surface area contributed by atoms with Gasteiger partial charge in [-0.2, -0.15) is 0 Å². The maximum Gasteiger partial charge on any atom is 0.230 e. The van der Waals surface area contributed by atoms with Gasteiger partial charge in [-0.15, -0.1) is 0 Å². The number of fused-ring (bicyclic) bond motifs is 1. The van der Waals surface area contributed by atoms with Crippen molar-refractivity contribution in [1.82, 2.24) is 14.7 Å². The van der Waals surface area contributed by atoms with Crippen molar-refractivity contribution in [2.75, 3.05) is 40.3 Å². The van der Waals surface area contributed by atoms with Gasteiger partial charge in [-0.3, -0.25) is 9.59 Å². The van der Waals surface area contributed by atoms with E-state index >= 15 is 0 Å². The summed E-state index contributed by atoms with van der Waals surface area (Å²) in [5.74, 6) is 0.657. The molecular weight excluding hydrogens is 266 g/mol. The van der Waals surface area contributed by atoms with Gasteiger partial charge in [-0.25, -0.2) is 0 Å². The van der Waals surface area contributed by atoms with Crippen LogP contribution < -0.4 is 0 Å². The number of rotatable bonds is 4. The lowest BCUT2D eigenvalue weighted by atomic mass is 9.79. The van der Waals surface area contributed by atoms with Crippen LogP contribution in [-0.4, -0.2) is 72.8 Å². The third-order valence-corrected chi connectivity index (χ3v) is 5.50. The summed E-state index contributed by atoms with van der Waals surface area (Å²) in [6, 6.07) is 0.448. The minimum atomic E-state index is -0.355. The molecule has 2 fully saturated rings. The predicted octanol–water partition coefficient (Wildman–Crippen LogP) is 1.04. The van der Waals surface area contributed by atoms with Gasteiger partial charge in [0, 0.05) is 39.1 Å².